The van der Waals surface area contributed by atoms with E-state index in [-0.39, 0.29) is 5.91 Å². The number of rotatable bonds is 5. The minimum Gasteiger partial charge on any atom is -0.481 e. The van der Waals surface area contributed by atoms with Crippen molar-refractivity contribution in [3.8, 4) is 5.75 Å². The molecular formula is C19H18N2O2. The summed E-state index contributed by atoms with van der Waals surface area (Å²) in [6.45, 7) is 1.93. The summed E-state index contributed by atoms with van der Waals surface area (Å²) in [6, 6.07) is 17.5. The van der Waals surface area contributed by atoms with Gasteiger partial charge in [-0.05, 0) is 41.5 Å². The van der Waals surface area contributed by atoms with Crippen LogP contribution in [0.2, 0.25) is 0 Å². The average molecular weight is 306 g/mol. The van der Waals surface area contributed by atoms with Gasteiger partial charge in [0.05, 0.1) is 11.9 Å². The standard InChI is InChI=1S/C19H18N2O2/c1-2-18(19(22)21-16-8-5-11-20-13-16)23-17-10-9-14-6-3-4-7-15(14)12-17/h3-13,18H,2H2,1H3,(H,21,22)/t18-/m0/s1. The molecule has 0 spiro atoms. The predicted octanol–water partition coefficient (Wildman–Crippen LogP) is 4.03. The Bertz CT molecular complexity index is 803. The molecule has 0 aliphatic heterocycles. The van der Waals surface area contributed by atoms with E-state index in [1.54, 1.807) is 24.5 Å². The molecule has 0 saturated heterocycles. The third-order valence-electron chi connectivity index (χ3n) is 3.59. The monoisotopic (exact) mass is 306 g/mol. The Morgan fingerprint density at radius 2 is 1.96 bits per heavy atom. The molecule has 23 heavy (non-hydrogen) atoms. The van der Waals surface area contributed by atoms with Crippen LogP contribution in [0, 0.1) is 0 Å². The molecular weight excluding hydrogens is 288 g/mol. The second-order valence-electron chi connectivity index (χ2n) is 5.25. The Morgan fingerprint density at radius 3 is 2.70 bits per heavy atom. The van der Waals surface area contributed by atoms with Gasteiger partial charge in [0.25, 0.3) is 5.91 Å². The zero-order chi connectivity index (χ0) is 16.1. The van der Waals surface area contributed by atoms with E-state index < -0.39 is 6.10 Å². The Balaban J connectivity index is 1.73. The van der Waals surface area contributed by atoms with Gasteiger partial charge in [-0.3, -0.25) is 9.78 Å². The van der Waals surface area contributed by atoms with Gasteiger partial charge in [-0.25, -0.2) is 0 Å². The highest BCUT2D eigenvalue weighted by Crippen LogP contribution is 2.22. The third-order valence-corrected chi connectivity index (χ3v) is 3.59. The van der Waals surface area contributed by atoms with Crippen LogP contribution < -0.4 is 10.1 Å². The van der Waals surface area contributed by atoms with Crippen LogP contribution in [0.15, 0.2) is 67.0 Å². The number of nitrogens with zero attached hydrogens (tertiary/aromatic N) is 1. The maximum Gasteiger partial charge on any atom is 0.265 e. The molecule has 0 fully saturated rings. The highest BCUT2D eigenvalue weighted by molar-refractivity contribution is 5.94. The van der Waals surface area contributed by atoms with Crippen molar-refractivity contribution in [1.82, 2.24) is 4.98 Å². The van der Waals surface area contributed by atoms with Crippen LogP contribution in [0.3, 0.4) is 0 Å². The van der Waals surface area contributed by atoms with Crippen LogP contribution in [-0.2, 0) is 4.79 Å². The van der Waals surface area contributed by atoms with Gasteiger partial charge in [-0.15, -0.1) is 0 Å². The Labute approximate surface area is 135 Å². The quantitative estimate of drug-likeness (QED) is 0.774. The number of ether oxygens (including phenoxy) is 1. The first-order valence-electron chi connectivity index (χ1n) is 7.62. The first-order chi connectivity index (χ1) is 11.3. The molecule has 4 nitrogen and oxygen atoms in total. The fourth-order valence-corrected chi connectivity index (χ4v) is 2.39. The molecule has 0 unspecified atom stereocenters. The van der Waals surface area contributed by atoms with Gasteiger partial charge in [0, 0.05) is 6.20 Å². The van der Waals surface area contributed by atoms with Crippen molar-refractivity contribution in [2.75, 3.05) is 5.32 Å². The minimum atomic E-state index is -0.545. The van der Waals surface area contributed by atoms with E-state index in [4.69, 9.17) is 4.74 Å². The van der Waals surface area contributed by atoms with E-state index in [1.807, 2.05) is 49.4 Å². The highest BCUT2D eigenvalue weighted by Gasteiger charge is 2.18. The summed E-state index contributed by atoms with van der Waals surface area (Å²) in [5, 5.41) is 5.06. The van der Waals surface area contributed by atoms with Crippen molar-refractivity contribution in [1.29, 1.82) is 0 Å². The molecule has 0 aliphatic carbocycles. The lowest BCUT2D eigenvalue weighted by atomic mass is 10.1. The molecule has 1 amide bonds. The van der Waals surface area contributed by atoms with E-state index >= 15 is 0 Å². The van der Waals surface area contributed by atoms with Crippen LogP contribution in [0.25, 0.3) is 10.8 Å². The lowest BCUT2D eigenvalue weighted by molar-refractivity contribution is -0.122. The number of carbonyl (C=O) groups is 1. The summed E-state index contributed by atoms with van der Waals surface area (Å²) in [7, 11) is 0. The van der Waals surface area contributed by atoms with Gasteiger partial charge in [0.2, 0.25) is 0 Å². The fraction of sp³-hybridized carbons (Fsp3) is 0.158. The largest absolute Gasteiger partial charge is 0.481 e. The summed E-state index contributed by atoms with van der Waals surface area (Å²) >= 11 is 0. The van der Waals surface area contributed by atoms with Crippen LogP contribution in [0.4, 0.5) is 5.69 Å². The smallest absolute Gasteiger partial charge is 0.265 e. The number of benzene rings is 2. The molecule has 4 heteroatoms. The number of pyridine rings is 1. The van der Waals surface area contributed by atoms with E-state index in [1.165, 1.54) is 0 Å². The molecule has 0 bridgehead atoms. The Morgan fingerprint density at radius 1 is 1.13 bits per heavy atom. The van der Waals surface area contributed by atoms with Crippen molar-refractivity contribution in [2.45, 2.75) is 19.4 Å². The van der Waals surface area contributed by atoms with Gasteiger partial charge >= 0.3 is 0 Å². The minimum absolute atomic E-state index is 0.173. The maximum absolute atomic E-state index is 12.3. The molecule has 1 atom stereocenters. The first kappa shape index (κ1) is 15.0. The van der Waals surface area contributed by atoms with Crippen molar-refractivity contribution in [3.05, 3.63) is 67.0 Å². The Hall–Kier alpha value is -2.88. The number of hydrogen-bond acceptors (Lipinski definition) is 3. The summed E-state index contributed by atoms with van der Waals surface area (Å²) in [5.74, 6) is 0.519. The van der Waals surface area contributed by atoms with Crippen molar-refractivity contribution in [2.24, 2.45) is 0 Å². The molecule has 1 heterocycles. The zero-order valence-electron chi connectivity index (χ0n) is 12.9. The lowest BCUT2D eigenvalue weighted by Crippen LogP contribution is -2.32. The van der Waals surface area contributed by atoms with Gasteiger partial charge in [0.15, 0.2) is 6.10 Å². The van der Waals surface area contributed by atoms with Crippen LogP contribution in [0.1, 0.15) is 13.3 Å². The number of fused-ring (bicyclic) bond motifs is 1. The number of aromatic nitrogens is 1. The van der Waals surface area contributed by atoms with E-state index in [0.29, 0.717) is 17.9 Å². The summed E-state index contributed by atoms with van der Waals surface area (Å²) in [4.78, 5) is 16.3. The third kappa shape index (κ3) is 3.66. The summed E-state index contributed by atoms with van der Waals surface area (Å²) < 4.78 is 5.87. The van der Waals surface area contributed by atoms with Gasteiger partial charge in [-0.1, -0.05) is 37.3 Å². The van der Waals surface area contributed by atoms with E-state index in [0.717, 1.165) is 10.8 Å². The van der Waals surface area contributed by atoms with Crippen LogP contribution >= 0.6 is 0 Å². The molecule has 2 aromatic carbocycles. The second kappa shape index (κ2) is 6.92. The maximum atomic E-state index is 12.3. The van der Waals surface area contributed by atoms with Crippen molar-refractivity contribution >= 4 is 22.4 Å². The van der Waals surface area contributed by atoms with Crippen molar-refractivity contribution in [3.63, 3.8) is 0 Å². The zero-order valence-corrected chi connectivity index (χ0v) is 12.9. The number of nitrogens with one attached hydrogen (secondary N) is 1. The Kier molecular flexibility index (Phi) is 4.52. The molecule has 116 valence electrons. The van der Waals surface area contributed by atoms with E-state index in [9.17, 15) is 4.79 Å². The average Bonchev–Trinajstić information content (AvgIpc) is 2.60. The van der Waals surface area contributed by atoms with Gasteiger partial charge in [-0.2, -0.15) is 0 Å². The fourth-order valence-electron chi connectivity index (χ4n) is 2.39. The molecule has 0 aliphatic rings. The predicted molar refractivity (Wildman–Crippen MR) is 91.5 cm³/mol. The molecule has 0 saturated carbocycles. The molecule has 3 aromatic rings. The molecule has 3 rings (SSSR count). The number of anilines is 1. The molecule has 1 aromatic heterocycles. The summed E-state index contributed by atoms with van der Waals surface area (Å²) in [5.41, 5.74) is 0.665. The van der Waals surface area contributed by atoms with Gasteiger partial charge < -0.3 is 10.1 Å². The van der Waals surface area contributed by atoms with E-state index in [2.05, 4.69) is 10.3 Å². The van der Waals surface area contributed by atoms with Crippen LogP contribution in [0.5, 0.6) is 5.75 Å². The van der Waals surface area contributed by atoms with Gasteiger partial charge in [0.1, 0.15) is 5.75 Å². The first-order valence-corrected chi connectivity index (χ1v) is 7.62. The van der Waals surface area contributed by atoms with Crippen LogP contribution in [-0.4, -0.2) is 17.0 Å². The number of amides is 1. The number of carbonyl (C=O) groups excluding carboxylic acids is 1. The normalized spacial score (nSPS) is 11.9. The molecule has 0 radical (unpaired) electrons. The highest BCUT2D eigenvalue weighted by atomic mass is 16.5. The SMILES string of the molecule is CC[C@H](Oc1ccc2ccccc2c1)C(=O)Nc1cccnc1. The number of hydrogen-bond donors (Lipinski definition) is 1. The lowest BCUT2D eigenvalue weighted by Gasteiger charge is -2.17. The van der Waals surface area contributed by atoms with Crippen molar-refractivity contribution < 1.29 is 9.53 Å². The summed E-state index contributed by atoms with van der Waals surface area (Å²) in [6.07, 6.45) is 3.31. The molecule has 1 N–H and O–H groups in total. The second-order valence-corrected chi connectivity index (χ2v) is 5.25. The topological polar surface area (TPSA) is 51.2 Å².